The predicted octanol–water partition coefficient (Wildman–Crippen LogP) is 4.54. The highest BCUT2D eigenvalue weighted by Gasteiger charge is 2.27. The van der Waals surface area contributed by atoms with Crippen molar-refractivity contribution in [2.45, 2.75) is 50.5 Å². The number of sulfonamides is 1. The van der Waals surface area contributed by atoms with Gasteiger partial charge in [0, 0.05) is 43.5 Å². The lowest BCUT2D eigenvalue weighted by atomic mass is 10.2. The monoisotopic (exact) mass is 439 g/mol. The number of fused-ring (bicyclic) bond motifs is 1. The van der Waals surface area contributed by atoms with Crippen molar-refractivity contribution < 1.29 is 13.2 Å². The molecule has 0 radical (unpaired) electrons. The van der Waals surface area contributed by atoms with Crippen molar-refractivity contribution in [3.63, 3.8) is 0 Å². The maximum absolute atomic E-state index is 13.2. The van der Waals surface area contributed by atoms with E-state index >= 15 is 0 Å². The first-order valence-corrected chi connectivity index (χ1v) is 12.3. The number of hydrogen-bond acceptors (Lipinski definition) is 3. The third-order valence-electron chi connectivity index (χ3n) is 5.91. The van der Waals surface area contributed by atoms with Crippen LogP contribution < -0.4 is 5.32 Å². The summed E-state index contributed by atoms with van der Waals surface area (Å²) in [7, 11) is -3.57. The van der Waals surface area contributed by atoms with Gasteiger partial charge in [0.05, 0.1) is 4.90 Å². The summed E-state index contributed by atoms with van der Waals surface area (Å²) in [5.74, 6) is -0.139. The van der Waals surface area contributed by atoms with Crippen LogP contribution in [0, 0.1) is 6.92 Å². The molecule has 0 bridgehead atoms. The fourth-order valence-corrected chi connectivity index (χ4v) is 5.93. The zero-order valence-corrected chi connectivity index (χ0v) is 18.7. The van der Waals surface area contributed by atoms with Gasteiger partial charge in [-0.1, -0.05) is 37.1 Å². The average Bonchev–Trinajstić information content (AvgIpc) is 2.96. The number of aromatic nitrogens is 1. The van der Waals surface area contributed by atoms with Gasteiger partial charge >= 0.3 is 0 Å². The van der Waals surface area contributed by atoms with E-state index in [0.29, 0.717) is 37.3 Å². The molecule has 0 aliphatic carbocycles. The maximum Gasteiger partial charge on any atom is 0.243 e. The van der Waals surface area contributed by atoms with Crippen LogP contribution in [-0.4, -0.2) is 36.3 Å². The molecule has 1 amide bonds. The molecule has 0 saturated carbocycles. The summed E-state index contributed by atoms with van der Waals surface area (Å²) < 4.78 is 30.1. The van der Waals surface area contributed by atoms with Crippen LogP contribution in [-0.2, 0) is 21.4 Å². The van der Waals surface area contributed by atoms with Crippen molar-refractivity contribution in [2.75, 3.05) is 18.4 Å². The fraction of sp³-hybridized carbons (Fsp3) is 0.375. The molecule has 1 aliphatic heterocycles. The molecule has 7 heteroatoms. The first-order valence-electron chi connectivity index (χ1n) is 10.9. The minimum absolute atomic E-state index is 0.139. The van der Waals surface area contributed by atoms with Gasteiger partial charge in [-0.05, 0) is 55.0 Å². The number of benzene rings is 2. The van der Waals surface area contributed by atoms with Gasteiger partial charge in [0.25, 0.3) is 0 Å². The Kier molecular flexibility index (Phi) is 6.43. The molecule has 0 unspecified atom stereocenters. The van der Waals surface area contributed by atoms with Crippen molar-refractivity contribution in [3.8, 4) is 0 Å². The Labute approximate surface area is 183 Å². The first-order chi connectivity index (χ1) is 14.9. The molecule has 2 aromatic carbocycles. The lowest BCUT2D eigenvalue weighted by Gasteiger charge is -2.21. The number of carbonyl (C=O) groups excluding carboxylic acids is 1. The molecule has 0 spiro atoms. The zero-order chi connectivity index (χ0) is 21.8. The predicted molar refractivity (Wildman–Crippen MR) is 124 cm³/mol. The highest BCUT2D eigenvalue weighted by Crippen LogP contribution is 2.26. The Morgan fingerprint density at radius 2 is 1.74 bits per heavy atom. The quantitative estimate of drug-likeness (QED) is 0.613. The number of carbonyl (C=O) groups is 1. The molecule has 1 aliphatic rings. The van der Waals surface area contributed by atoms with Gasteiger partial charge in [-0.3, -0.25) is 4.79 Å². The van der Waals surface area contributed by atoms with Gasteiger partial charge in [-0.25, -0.2) is 8.42 Å². The van der Waals surface area contributed by atoms with Crippen molar-refractivity contribution in [1.82, 2.24) is 8.87 Å². The molecule has 1 fully saturated rings. The molecule has 1 aromatic heterocycles. The van der Waals surface area contributed by atoms with Gasteiger partial charge in [-0.15, -0.1) is 0 Å². The molecule has 1 saturated heterocycles. The molecule has 2 heterocycles. The van der Waals surface area contributed by atoms with Gasteiger partial charge in [-0.2, -0.15) is 4.31 Å². The number of anilines is 1. The van der Waals surface area contributed by atoms with Crippen LogP contribution in [0.5, 0.6) is 0 Å². The summed E-state index contributed by atoms with van der Waals surface area (Å²) in [6.45, 7) is 3.48. The van der Waals surface area contributed by atoms with Crippen molar-refractivity contribution in [3.05, 3.63) is 60.3 Å². The van der Waals surface area contributed by atoms with Crippen molar-refractivity contribution >= 4 is 32.5 Å². The van der Waals surface area contributed by atoms with Crippen LogP contribution in [0.25, 0.3) is 10.9 Å². The van der Waals surface area contributed by atoms with Gasteiger partial charge in [0.15, 0.2) is 0 Å². The van der Waals surface area contributed by atoms with E-state index in [-0.39, 0.29) is 10.8 Å². The molecule has 164 valence electrons. The summed E-state index contributed by atoms with van der Waals surface area (Å²) in [5.41, 5.74) is 2.30. The van der Waals surface area contributed by atoms with Crippen LogP contribution in [0.4, 0.5) is 5.69 Å². The summed E-state index contributed by atoms with van der Waals surface area (Å²) >= 11 is 0. The molecule has 0 atom stereocenters. The van der Waals surface area contributed by atoms with Crippen LogP contribution in [0.15, 0.2) is 59.6 Å². The highest BCUT2D eigenvalue weighted by atomic mass is 32.2. The Morgan fingerprint density at radius 3 is 2.52 bits per heavy atom. The molecule has 6 nitrogen and oxygen atoms in total. The third kappa shape index (κ3) is 4.83. The largest absolute Gasteiger partial charge is 0.347 e. The molecule has 31 heavy (non-hydrogen) atoms. The van der Waals surface area contributed by atoms with Crippen molar-refractivity contribution in [1.29, 1.82) is 0 Å². The normalized spacial score (nSPS) is 15.6. The number of hydrogen-bond donors (Lipinski definition) is 1. The van der Waals surface area contributed by atoms with E-state index in [9.17, 15) is 13.2 Å². The first kappa shape index (κ1) is 21.6. The molecule has 1 N–H and O–H groups in total. The second-order valence-electron chi connectivity index (χ2n) is 8.16. The summed E-state index contributed by atoms with van der Waals surface area (Å²) in [6.07, 6.45) is 6.21. The summed E-state index contributed by atoms with van der Waals surface area (Å²) in [4.78, 5) is 12.8. The maximum atomic E-state index is 13.2. The van der Waals surface area contributed by atoms with E-state index in [0.717, 1.165) is 36.6 Å². The Hall–Kier alpha value is -2.64. The number of nitrogens with zero attached hydrogens (tertiary/aromatic N) is 2. The number of nitrogens with one attached hydrogen (secondary N) is 1. The van der Waals surface area contributed by atoms with Crippen molar-refractivity contribution in [2.24, 2.45) is 0 Å². The summed E-state index contributed by atoms with van der Waals surface area (Å²) in [5, 5.41) is 4.02. The van der Waals surface area contributed by atoms with E-state index in [1.165, 1.54) is 0 Å². The zero-order valence-electron chi connectivity index (χ0n) is 17.9. The SMILES string of the molecule is Cc1ccc(NC(=O)CCn2ccc3ccccc32)cc1S(=O)(=O)N1CCCCCC1. The average molecular weight is 440 g/mol. The molecular formula is C24H29N3O3S. The highest BCUT2D eigenvalue weighted by molar-refractivity contribution is 7.89. The lowest BCUT2D eigenvalue weighted by Crippen LogP contribution is -2.32. The minimum atomic E-state index is -3.57. The smallest absolute Gasteiger partial charge is 0.243 e. The fourth-order valence-electron chi connectivity index (χ4n) is 4.16. The topological polar surface area (TPSA) is 71.4 Å². The van der Waals surface area contributed by atoms with E-state index in [2.05, 4.69) is 9.88 Å². The minimum Gasteiger partial charge on any atom is -0.347 e. The Bertz CT molecular complexity index is 1180. The van der Waals surface area contributed by atoms with Crippen LogP contribution >= 0.6 is 0 Å². The van der Waals surface area contributed by atoms with E-state index in [1.54, 1.807) is 29.4 Å². The van der Waals surface area contributed by atoms with Crippen LogP contribution in [0.3, 0.4) is 0 Å². The summed E-state index contributed by atoms with van der Waals surface area (Å²) in [6, 6.07) is 15.2. The Morgan fingerprint density at radius 1 is 1.00 bits per heavy atom. The molecular weight excluding hydrogens is 410 g/mol. The number of para-hydroxylation sites is 1. The van der Waals surface area contributed by atoms with Gasteiger partial charge in [0.1, 0.15) is 0 Å². The standard InChI is InChI=1S/C24H29N3O3S/c1-19-10-11-21(18-23(19)31(29,30)27-14-6-2-3-7-15-27)25-24(28)13-17-26-16-12-20-8-4-5-9-22(20)26/h4-5,8-12,16,18H,2-3,6-7,13-15,17H2,1H3,(H,25,28). The number of rotatable bonds is 6. The molecule has 3 aromatic rings. The van der Waals surface area contributed by atoms with E-state index < -0.39 is 10.0 Å². The van der Waals surface area contributed by atoms with E-state index in [1.807, 2.05) is 36.5 Å². The van der Waals surface area contributed by atoms with Crippen LogP contribution in [0.2, 0.25) is 0 Å². The second-order valence-corrected chi connectivity index (χ2v) is 10.1. The lowest BCUT2D eigenvalue weighted by molar-refractivity contribution is -0.116. The molecule has 4 rings (SSSR count). The second kappa shape index (κ2) is 9.24. The van der Waals surface area contributed by atoms with Gasteiger partial charge in [0.2, 0.25) is 15.9 Å². The van der Waals surface area contributed by atoms with Crippen LogP contribution in [0.1, 0.15) is 37.7 Å². The number of amides is 1. The Balaban J connectivity index is 1.45. The number of aryl methyl sites for hydroxylation is 2. The van der Waals surface area contributed by atoms with Gasteiger partial charge < -0.3 is 9.88 Å². The van der Waals surface area contributed by atoms with E-state index in [4.69, 9.17) is 0 Å². The third-order valence-corrected chi connectivity index (χ3v) is 7.96.